The Labute approximate surface area is 113 Å². The Morgan fingerprint density at radius 2 is 1.28 bits per heavy atom. The van der Waals surface area contributed by atoms with Crippen LogP contribution in [0.25, 0.3) is 0 Å². The number of hydrogen-bond donors (Lipinski definition) is 2. The van der Waals surface area contributed by atoms with E-state index in [4.69, 9.17) is 11.6 Å². The van der Waals surface area contributed by atoms with Crippen molar-refractivity contribution >= 4 is 33.0 Å². The summed E-state index contributed by atoms with van der Waals surface area (Å²) in [5.74, 6) is 4.98. The molecule has 0 spiro atoms. The Kier molecular flexibility index (Phi) is 4.49. The van der Waals surface area contributed by atoms with Crippen molar-refractivity contribution < 1.29 is 0 Å². The van der Waals surface area contributed by atoms with Crippen LogP contribution >= 0.6 is 21.6 Å². The lowest BCUT2D eigenvalue weighted by molar-refractivity contribution is 1.06. The molecule has 4 nitrogen and oxygen atoms in total. The van der Waals surface area contributed by atoms with Crippen molar-refractivity contribution in [1.82, 2.24) is 0 Å². The summed E-state index contributed by atoms with van der Waals surface area (Å²) >= 11 is 0. The molecule has 0 unspecified atom stereocenters. The summed E-state index contributed by atoms with van der Waals surface area (Å²) < 4.78 is 0. The Morgan fingerprint density at radius 1 is 0.778 bits per heavy atom. The van der Waals surface area contributed by atoms with Gasteiger partial charge in [-0.15, -0.1) is 5.11 Å². The van der Waals surface area contributed by atoms with Crippen molar-refractivity contribution in [3.8, 4) is 0 Å². The van der Waals surface area contributed by atoms with E-state index in [1.807, 2.05) is 48.5 Å². The third kappa shape index (κ3) is 3.68. The molecule has 0 aliphatic carbocycles. The van der Waals surface area contributed by atoms with Crippen molar-refractivity contribution in [2.24, 2.45) is 16.2 Å². The van der Waals surface area contributed by atoms with Crippen LogP contribution in [0.15, 0.2) is 68.7 Å². The summed E-state index contributed by atoms with van der Waals surface area (Å²) in [5.41, 5.74) is 7.16. The predicted octanol–water partition coefficient (Wildman–Crippen LogP) is 4.03. The second kappa shape index (κ2) is 6.32. The van der Waals surface area contributed by atoms with Gasteiger partial charge in [-0.3, -0.25) is 0 Å². The topological polar surface area (TPSA) is 76.8 Å². The second-order valence-corrected chi connectivity index (χ2v) is 5.72. The fraction of sp³-hybridized carbons (Fsp3) is 0. The Hall–Kier alpha value is -1.66. The number of rotatable bonds is 4. The average molecular weight is 276 g/mol. The third-order valence-electron chi connectivity index (χ3n) is 2.12. The van der Waals surface area contributed by atoms with E-state index in [9.17, 15) is 0 Å². The maximum Gasteiger partial charge on any atom is 0.0874 e. The average Bonchev–Trinajstić information content (AvgIpc) is 2.40. The first-order chi connectivity index (χ1) is 8.78. The molecule has 2 rings (SSSR count). The smallest absolute Gasteiger partial charge is 0.0874 e. The van der Waals surface area contributed by atoms with Gasteiger partial charge in [0.2, 0.25) is 0 Å². The van der Waals surface area contributed by atoms with Gasteiger partial charge in [0.05, 0.1) is 5.69 Å². The molecule has 0 aliphatic rings. The van der Waals surface area contributed by atoms with E-state index in [1.54, 1.807) is 21.6 Å². The summed E-state index contributed by atoms with van der Waals surface area (Å²) in [4.78, 5) is 2.31. The molecule has 0 heterocycles. The minimum atomic E-state index is 0.749. The molecule has 0 saturated heterocycles. The first-order valence-corrected chi connectivity index (χ1v) is 7.34. The van der Waals surface area contributed by atoms with Crippen LogP contribution < -0.4 is 11.6 Å². The van der Waals surface area contributed by atoms with Crippen LogP contribution in [-0.4, -0.2) is 0 Å². The fourth-order valence-corrected chi connectivity index (χ4v) is 3.19. The molecule has 6 heteroatoms. The molecule has 0 amide bonds. The van der Waals surface area contributed by atoms with Gasteiger partial charge in [0.25, 0.3) is 0 Å². The summed E-state index contributed by atoms with van der Waals surface area (Å²) in [6.07, 6.45) is 0. The summed E-state index contributed by atoms with van der Waals surface area (Å²) in [5, 5.41) is 6.99. The van der Waals surface area contributed by atoms with E-state index in [2.05, 4.69) is 10.3 Å². The van der Waals surface area contributed by atoms with Gasteiger partial charge in [-0.25, -0.2) is 0 Å². The van der Waals surface area contributed by atoms with E-state index in [0.717, 1.165) is 16.3 Å². The van der Waals surface area contributed by atoms with E-state index in [1.165, 1.54) is 4.90 Å². The van der Waals surface area contributed by atoms with E-state index < -0.39 is 0 Å². The molecule has 2 aromatic rings. The van der Waals surface area contributed by atoms with Gasteiger partial charge in [0.15, 0.2) is 0 Å². The molecule has 0 saturated carbocycles. The zero-order valence-electron chi connectivity index (χ0n) is 9.48. The van der Waals surface area contributed by atoms with Crippen LogP contribution in [0.1, 0.15) is 0 Å². The summed E-state index contributed by atoms with van der Waals surface area (Å²) in [7, 11) is 3.36. The third-order valence-corrected chi connectivity index (χ3v) is 4.54. The minimum Gasteiger partial charge on any atom is -0.399 e. The van der Waals surface area contributed by atoms with Crippen LogP contribution in [0.5, 0.6) is 0 Å². The highest BCUT2D eigenvalue weighted by atomic mass is 33.1. The number of benzene rings is 2. The second-order valence-electron chi connectivity index (χ2n) is 3.45. The lowest BCUT2D eigenvalue weighted by atomic mass is 10.3. The van der Waals surface area contributed by atoms with Crippen molar-refractivity contribution in [3.63, 3.8) is 0 Å². The normalized spacial score (nSPS) is 10.9. The highest BCUT2D eigenvalue weighted by Crippen LogP contribution is 2.37. The molecule has 0 atom stereocenters. The molecular formula is C12H12N4S2. The van der Waals surface area contributed by atoms with Crippen LogP contribution in [0.3, 0.4) is 0 Å². The highest BCUT2D eigenvalue weighted by molar-refractivity contribution is 8.76. The monoisotopic (exact) mass is 276 g/mol. The van der Waals surface area contributed by atoms with Gasteiger partial charge in [0, 0.05) is 15.5 Å². The standard InChI is InChI=1S/C12H12N4S2/c13-9-1-5-11(6-2-9)17-18-12-7-3-10(4-8-12)15-16-14/h1-8H,13H2,(H2,14,15). The Bertz CT molecular complexity index is 523. The minimum absolute atomic E-state index is 0.749. The number of anilines is 1. The highest BCUT2D eigenvalue weighted by Gasteiger charge is 1.98. The maximum atomic E-state index is 5.63. The molecule has 0 aliphatic heterocycles. The Balaban J connectivity index is 1.95. The van der Waals surface area contributed by atoms with Gasteiger partial charge in [-0.05, 0) is 48.5 Å². The Morgan fingerprint density at radius 3 is 1.78 bits per heavy atom. The zero-order chi connectivity index (χ0) is 12.8. The SMILES string of the molecule is NN=Nc1ccc(SSc2ccc(N)cc2)cc1. The van der Waals surface area contributed by atoms with Gasteiger partial charge < -0.3 is 11.6 Å². The van der Waals surface area contributed by atoms with Crippen molar-refractivity contribution in [2.75, 3.05) is 5.73 Å². The maximum absolute atomic E-state index is 5.63. The van der Waals surface area contributed by atoms with Gasteiger partial charge >= 0.3 is 0 Å². The van der Waals surface area contributed by atoms with Gasteiger partial charge in [-0.2, -0.15) is 0 Å². The quantitative estimate of drug-likeness (QED) is 0.291. The van der Waals surface area contributed by atoms with Crippen LogP contribution in [0, 0.1) is 0 Å². The van der Waals surface area contributed by atoms with E-state index >= 15 is 0 Å². The number of nitrogen functional groups attached to an aromatic ring is 1. The molecule has 4 N–H and O–H groups in total. The fourth-order valence-electron chi connectivity index (χ4n) is 1.25. The lowest BCUT2D eigenvalue weighted by Crippen LogP contribution is -1.81. The molecule has 0 radical (unpaired) electrons. The first kappa shape index (κ1) is 12.8. The lowest BCUT2D eigenvalue weighted by Gasteiger charge is -2.02. The molecule has 0 fully saturated rings. The van der Waals surface area contributed by atoms with E-state index in [-0.39, 0.29) is 0 Å². The van der Waals surface area contributed by atoms with Crippen molar-refractivity contribution in [1.29, 1.82) is 0 Å². The van der Waals surface area contributed by atoms with Gasteiger partial charge in [0.1, 0.15) is 0 Å². The van der Waals surface area contributed by atoms with E-state index in [0.29, 0.717) is 0 Å². The largest absolute Gasteiger partial charge is 0.399 e. The van der Waals surface area contributed by atoms with Crippen LogP contribution in [-0.2, 0) is 0 Å². The van der Waals surface area contributed by atoms with Gasteiger partial charge in [-0.1, -0.05) is 26.8 Å². The molecule has 92 valence electrons. The summed E-state index contributed by atoms with van der Waals surface area (Å²) in [6.45, 7) is 0. The molecule has 0 bridgehead atoms. The van der Waals surface area contributed by atoms with Crippen molar-refractivity contribution in [3.05, 3.63) is 48.5 Å². The number of hydrogen-bond acceptors (Lipinski definition) is 5. The number of nitrogens with two attached hydrogens (primary N) is 2. The first-order valence-electron chi connectivity index (χ1n) is 5.19. The van der Waals surface area contributed by atoms with Crippen molar-refractivity contribution in [2.45, 2.75) is 9.79 Å². The molecular weight excluding hydrogens is 264 g/mol. The molecule has 0 aromatic heterocycles. The molecule has 18 heavy (non-hydrogen) atoms. The van der Waals surface area contributed by atoms with Crippen LogP contribution in [0.2, 0.25) is 0 Å². The summed E-state index contributed by atoms with van der Waals surface area (Å²) in [6, 6.07) is 15.5. The molecule has 2 aromatic carbocycles. The zero-order valence-corrected chi connectivity index (χ0v) is 11.1. The predicted molar refractivity (Wildman–Crippen MR) is 77.7 cm³/mol. The number of nitrogens with zero attached hydrogens (tertiary/aromatic N) is 2. The van der Waals surface area contributed by atoms with Crippen LogP contribution in [0.4, 0.5) is 11.4 Å².